The Balaban J connectivity index is 1.55. The normalized spacial score (nSPS) is 31.4. The number of hydrogen-bond acceptors (Lipinski definition) is 5. The van der Waals surface area contributed by atoms with Crippen LogP contribution in [0.5, 0.6) is 0 Å². The molecule has 7 nitrogen and oxygen atoms in total. The van der Waals surface area contributed by atoms with Crippen molar-refractivity contribution >= 4 is 46.8 Å². The second-order valence-corrected chi connectivity index (χ2v) is 11.9. The summed E-state index contributed by atoms with van der Waals surface area (Å²) in [5, 5.41) is 9.43. The molecule has 1 spiro atoms. The van der Waals surface area contributed by atoms with Crippen molar-refractivity contribution in [2.45, 2.75) is 41.7 Å². The van der Waals surface area contributed by atoms with Crippen LogP contribution in [0, 0.1) is 11.8 Å². The van der Waals surface area contributed by atoms with Crippen LogP contribution in [-0.4, -0.2) is 82.0 Å². The number of rotatable bonds is 7. The number of fused-ring (bicyclic) bond motifs is 2. The van der Waals surface area contributed by atoms with Crippen molar-refractivity contribution in [3.05, 3.63) is 53.6 Å². The van der Waals surface area contributed by atoms with Crippen molar-refractivity contribution < 1.29 is 19.5 Å². The molecule has 0 saturated carbocycles. The zero-order chi connectivity index (χ0) is 25.4. The zero-order valence-corrected chi connectivity index (χ0v) is 22.0. The number of carbonyl (C=O) groups excluding carboxylic acids is 3. The molecule has 192 valence electrons. The number of anilines is 1. The highest BCUT2D eigenvalue weighted by atomic mass is 35.5. The standard InChI is InChI=1S/C27H32ClN3O4S/c1-29-14-8-12-20-21(24(29)33)22-25(34)31(15-6-2-3-7-17-32)23-26(35)30(16-9-13-27(22,23)36-20)19-11-5-4-10-18(19)28/h4-5,8-13,20-23,32H,2-3,6-7,14-17H2,1H3/t20-,21+,22+,23?,27+/m1/s1. The van der Waals surface area contributed by atoms with Crippen molar-refractivity contribution in [1.82, 2.24) is 9.80 Å². The first-order chi connectivity index (χ1) is 17.4. The summed E-state index contributed by atoms with van der Waals surface area (Å²) in [5.41, 5.74) is 0.623. The molecule has 1 unspecified atom stereocenters. The van der Waals surface area contributed by atoms with E-state index in [4.69, 9.17) is 16.7 Å². The number of amides is 3. The van der Waals surface area contributed by atoms with Gasteiger partial charge in [-0.1, -0.05) is 60.9 Å². The van der Waals surface area contributed by atoms with Gasteiger partial charge in [-0.3, -0.25) is 14.4 Å². The van der Waals surface area contributed by atoms with Crippen LogP contribution < -0.4 is 4.90 Å². The van der Waals surface area contributed by atoms with Crippen molar-refractivity contribution in [3.63, 3.8) is 0 Å². The van der Waals surface area contributed by atoms with Gasteiger partial charge >= 0.3 is 0 Å². The number of nitrogens with zero attached hydrogens (tertiary/aromatic N) is 3. The molecule has 4 aliphatic rings. The average Bonchev–Trinajstić information content (AvgIpc) is 3.18. The second-order valence-electron chi connectivity index (χ2n) is 9.96. The van der Waals surface area contributed by atoms with Gasteiger partial charge in [-0.2, -0.15) is 0 Å². The Hall–Kier alpha value is -2.29. The predicted octanol–water partition coefficient (Wildman–Crippen LogP) is 3.12. The van der Waals surface area contributed by atoms with Gasteiger partial charge in [0, 0.05) is 38.5 Å². The van der Waals surface area contributed by atoms with Gasteiger partial charge in [0.25, 0.3) is 5.91 Å². The van der Waals surface area contributed by atoms with E-state index >= 15 is 0 Å². The molecule has 5 rings (SSSR count). The first kappa shape index (κ1) is 25.4. The monoisotopic (exact) mass is 529 g/mol. The quantitative estimate of drug-likeness (QED) is 0.433. The number of hydrogen-bond donors (Lipinski definition) is 1. The van der Waals surface area contributed by atoms with E-state index in [0.29, 0.717) is 30.3 Å². The van der Waals surface area contributed by atoms with Crippen molar-refractivity contribution in [2.75, 3.05) is 38.2 Å². The second kappa shape index (κ2) is 10.2. The largest absolute Gasteiger partial charge is 0.396 e. The molecule has 1 aromatic rings. The van der Waals surface area contributed by atoms with E-state index < -0.39 is 22.6 Å². The average molecular weight is 530 g/mol. The highest BCUT2D eigenvalue weighted by molar-refractivity contribution is 8.02. The van der Waals surface area contributed by atoms with Gasteiger partial charge in [0.1, 0.15) is 6.04 Å². The number of aliphatic hydroxyl groups excluding tert-OH is 1. The lowest BCUT2D eigenvalue weighted by molar-refractivity contribution is -0.142. The van der Waals surface area contributed by atoms with E-state index in [0.717, 1.165) is 25.7 Å². The highest BCUT2D eigenvalue weighted by Gasteiger charge is 2.70. The van der Waals surface area contributed by atoms with Gasteiger partial charge < -0.3 is 19.8 Å². The van der Waals surface area contributed by atoms with Crippen LogP contribution in [0.1, 0.15) is 25.7 Å². The molecule has 0 aromatic heterocycles. The molecule has 4 heterocycles. The van der Waals surface area contributed by atoms with Gasteiger partial charge in [0.05, 0.1) is 27.3 Å². The molecular formula is C27H32ClN3O4S. The van der Waals surface area contributed by atoms with Gasteiger partial charge in [-0.15, -0.1) is 11.8 Å². The third-order valence-corrected chi connectivity index (χ3v) is 9.87. The highest BCUT2D eigenvalue weighted by Crippen LogP contribution is 2.61. The smallest absolute Gasteiger partial charge is 0.251 e. The molecule has 1 N–H and O–H groups in total. The zero-order valence-electron chi connectivity index (χ0n) is 20.4. The van der Waals surface area contributed by atoms with Crippen LogP contribution >= 0.6 is 23.4 Å². The number of thioether (sulfide) groups is 1. The first-order valence-electron chi connectivity index (χ1n) is 12.6. The number of para-hydroxylation sites is 1. The molecule has 0 bridgehead atoms. The molecule has 36 heavy (non-hydrogen) atoms. The third kappa shape index (κ3) is 4.07. The van der Waals surface area contributed by atoms with Gasteiger partial charge in [0.2, 0.25) is 11.8 Å². The summed E-state index contributed by atoms with van der Waals surface area (Å²) in [6, 6.07) is 6.55. The van der Waals surface area contributed by atoms with Gasteiger partial charge in [0.15, 0.2) is 0 Å². The Kier molecular flexibility index (Phi) is 7.21. The molecule has 9 heteroatoms. The number of likely N-dealkylation sites (tertiary alicyclic amines) is 1. The number of halogens is 1. The first-order valence-corrected chi connectivity index (χ1v) is 13.9. The fourth-order valence-electron chi connectivity index (χ4n) is 6.14. The van der Waals surface area contributed by atoms with Crippen LogP contribution in [0.3, 0.4) is 0 Å². The fourth-order valence-corrected chi connectivity index (χ4v) is 8.38. The molecule has 1 aromatic carbocycles. The summed E-state index contributed by atoms with van der Waals surface area (Å²) in [5.74, 6) is -1.41. The van der Waals surface area contributed by atoms with E-state index in [1.807, 2.05) is 42.5 Å². The van der Waals surface area contributed by atoms with Crippen LogP contribution in [0.25, 0.3) is 0 Å². The minimum absolute atomic E-state index is 0.0377. The number of unbranched alkanes of at least 4 members (excludes halogenated alkanes) is 3. The molecule has 0 radical (unpaired) electrons. The number of likely N-dealkylation sites (N-methyl/N-ethyl adjacent to an activating group) is 1. The fraction of sp³-hybridized carbons (Fsp3) is 0.519. The minimum Gasteiger partial charge on any atom is -0.396 e. The Labute approximate surface area is 221 Å². The van der Waals surface area contributed by atoms with E-state index in [-0.39, 0.29) is 29.6 Å². The topological polar surface area (TPSA) is 81.2 Å². The number of aliphatic hydroxyl groups is 1. The predicted molar refractivity (Wildman–Crippen MR) is 142 cm³/mol. The maximum atomic E-state index is 14.3. The third-order valence-electron chi connectivity index (χ3n) is 7.81. The number of benzene rings is 1. The van der Waals surface area contributed by atoms with Crippen LogP contribution in [0.15, 0.2) is 48.6 Å². The summed E-state index contributed by atoms with van der Waals surface area (Å²) in [6.45, 7) is 1.47. The lowest BCUT2D eigenvalue weighted by atomic mass is 9.78. The summed E-state index contributed by atoms with van der Waals surface area (Å²) in [7, 11) is 1.77. The van der Waals surface area contributed by atoms with Crippen LogP contribution in [-0.2, 0) is 14.4 Å². The van der Waals surface area contributed by atoms with Crippen molar-refractivity contribution in [2.24, 2.45) is 11.8 Å². The summed E-state index contributed by atoms with van der Waals surface area (Å²) in [4.78, 5) is 47.0. The summed E-state index contributed by atoms with van der Waals surface area (Å²) >= 11 is 8.09. The van der Waals surface area contributed by atoms with Crippen LogP contribution in [0.4, 0.5) is 5.69 Å². The minimum atomic E-state index is -0.817. The van der Waals surface area contributed by atoms with Gasteiger partial charge in [-0.25, -0.2) is 0 Å². The SMILES string of the molecule is CN1CC=C[C@H]2S[C@]34C=CCN(c5ccccc5Cl)C(=O)C3N(CCCCCCO)C(=O)[C@@H]4[C@H]2C1=O. The summed E-state index contributed by atoms with van der Waals surface area (Å²) < 4.78 is -0.817. The Morgan fingerprint density at radius 2 is 1.81 bits per heavy atom. The lowest BCUT2D eigenvalue weighted by Gasteiger charge is -2.35. The maximum absolute atomic E-state index is 14.3. The van der Waals surface area contributed by atoms with E-state index in [1.165, 1.54) is 0 Å². The van der Waals surface area contributed by atoms with E-state index in [1.54, 1.807) is 39.6 Å². The molecular weight excluding hydrogens is 498 g/mol. The van der Waals surface area contributed by atoms with Crippen LogP contribution in [0.2, 0.25) is 5.02 Å². The Morgan fingerprint density at radius 1 is 1.03 bits per heavy atom. The molecule has 2 fully saturated rings. The Morgan fingerprint density at radius 3 is 2.58 bits per heavy atom. The molecule has 0 aliphatic carbocycles. The molecule has 2 saturated heterocycles. The Bertz CT molecular complexity index is 1110. The molecule has 4 aliphatic heterocycles. The maximum Gasteiger partial charge on any atom is 0.251 e. The van der Waals surface area contributed by atoms with E-state index in [9.17, 15) is 14.4 Å². The van der Waals surface area contributed by atoms with E-state index in [2.05, 4.69) is 0 Å². The summed E-state index contributed by atoms with van der Waals surface area (Å²) in [6.07, 6.45) is 11.2. The molecule has 3 amide bonds. The van der Waals surface area contributed by atoms with Crippen molar-refractivity contribution in [3.8, 4) is 0 Å². The van der Waals surface area contributed by atoms with Gasteiger partial charge in [-0.05, 0) is 25.0 Å². The lowest BCUT2D eigenvalue weighted by Crippen LogP contribution is -2.53. The van der Waals surface area contributed by atoms with Crippen molar-refractivity contribution in [1.29, 1.82) is 0 Å². The molecule has 5 atom stereocenters. The number of carbonyl (C=O) groups is 3.